The van der Waals surface area contributed by atoms with Crippen LogP contribution in [0.2, 0.25) is 0 Å². The van der Waals surface area contributed by atoms with E-state index < -0.39 is 0 Å². The van der Waals surface area contributed by atoms with Gasteiger partial charge in [0, 0.05) is 17.7 Å². The summed E-state index contributed by atoms with van der Waals surface area (Å²) in [5.74, 6) is -0.357. The number of nitrogens with one attached hydrogen (secondary N) is 1. The molecule has 3 aromatic rings. The molecular weight excluding hydrogens is 384 g/mol. The van der Waals surface area contributed by atoms with Crippen LogP contribution in [0.1, 0.15) is 27.4 Å². The van der Waals surface area contributed by atoms with Crippen molar-refractivity contribution in [3.8, 4) is 0 Å². The highest BCUT2D eigenvalue weighted by molar-refractivity contribution is 9.10. The van der Waals surface area contributed by atoms with E-state index in [1.54, 1.807) is 27.8 Å². The summed E-state index contributed by atoms with van der Waals surface area (Å²) < 4.78 is 4.43. The second kappa shape index (κ2) is 7.43. The predicted molar refractivity (Wildman–Crippen MR) is 98.5 cm³/mol. The quantitative estimate of drug-likeness (QED) is 0.527. The number of halogens is 1. The fourth-order valence-electron chi connectivity index (χ4n) is 2.31. The Balaban J connectivity index is 1.60. The zero-order valence-electron chi connectivity index (χ0n) is 13.8. The van der Waals surface area contributed by atoms with Crippen molar-refractivity contribution in [2.45, 2.75) is 13.5 Å². The lowest BCUT2D eigenvalue weighted by molar-refractivity contribution is 0.0949. The molecule has 0 unspecified atom stereocenters. The molecule has 7 nitrogen and oxygen atoms in total. The van der Waals surface area contributed by atoms with Crippen LogP contribution >= 0.6 is 15.9 Å². The summed E-state index contributed by atoms with van der Waals surface area (Å²) in [6, 6.07) is 11.5. The molecule has 0 spiro atoms. The van der Waals surface area contributed by atoms with Crippen molar-refractivity contribution in [2.75, 3.05) is 0 Å². The van der Waals surface area contributed by atoms with Gasteiger partial charge in [-0.1, -0.05) is 28.1 Å². The van der Waals surface area contributed by atoms with Crippen LogP contribution in [0.15, 0.2) is 52.2 Å². The molecule has 0 bridgehead atoms. The Labute approximate surface area is 153 Å². The first kappa shape index (κ1) is 17.1. The monoisotopic (exact) mass is 400 g/mol. The standard InChI is InChI=1S/C17H17BrN6O/c1-12-9-15(23(2)21-12)10-19-20-17(25)16-7-8-24(22-16)11-13-3-5-14(18)6-4-13/h3-10H,11H2,1-2H3,(H,20,25)/b19-10-. The zero-order valence-corrected chi connectivity index (χ0v) is 15.4. The lowest BCUT2D eigenvalue weighted by Crippen LogP contribution is -2.19. The Morgan fingerprint density at radius 1 is 1.28 bits per heavy atom. The third-order valence-electron chi connectivity index (χ3n) is 3.53. The smallest absolute Gasteiger partial charge is 0.268 e. The first-order valence-electron chi connectivity index (χ1n) is 7.63. The number of rotatable bonds is 5. The van der Waals surface area contributed by atoms with Crippen molar-refractivity contribution in [1.29, 1.82) is 0 Å². The molecule has 0 saturated carbocycles. The summed E-state index contributed by atoms with van der Waals surface area (Å²) in [7, 11) is 1.82. The number of carbonyl (C=O) groups excluding carboxylic acids is 1. The van der Waals surface area contributed by atoms with E-state index in [2.05, 4.69) is 36.7 Å². The van der Waals surface area contributed by atoms with E-state index in [0.29, 0.717) is 12.2 Å². The molecule has 1 N–H and O–H groups in total. The molecule has 0 radical (unpaired) electrons. The van der Waals surface area contributed by atoms with Gasteiger partial charge in [0.1, 0.15) is 0 Å². The molecule has 8 heteroatoms. The number of benzene rings is 1. The van der Waals surface area contributed by atoms with Crippen LogP contribution in [-0.2, 0) is 13.6 Å². The molecule has 0 fully saturated rings. The Morgan fingerprint density at radius 3 is 2.72 bits per heavy atom. The van der Waals surface area contributed by atoms with E-state index in [1.165, 1.54) is 0 Å². The summed E-state index contributed by atoms with van der Waals surface area (Å²) in [5, 5.41) is 12.4. The number of hydrogen-bond donors (Lipinski definition) is 1. The first-order chi connectivity index (χ1) is 12.0. The molecule has 3 rings (SSSR count). The van der Waals surface area contributed by atoms with Gasteiger partial charge in [0.25, 0.3) is 5.91 Å². The second-order valence-electron chi connectivity index (χ2n) is 5.56. The van der Waals surface area contributed by atoms with Crippen LogP contribution < -0.4 is 5.43 Å². The Morgan fingerprint density at radius 2 is 2.04 bits per heavy atom. The van der Waals surface area contributed by atoms with E-state index in [0.717, 1.165) is 21.4 Å². The van der Waals surface area contributed by atoms with Crippen LogP contribution in [0.25, 0.3) is 0 Å². The molecule has 0 aliphatic carbocycles. The van der Waals surface area contributed by atoms with Crippen molar-refractivity contribution in [3.63, 3.8) is 0 Å². The highest BCUT2D eigenvalue weighted by Crippen LogP contribution is 2.11. The summed E-state index contributed by atoms with van der Waals surface area (Å²) >= 11 is 3.41. The van der Waals surface area contributed by atoms with Crippen LogP contribution in [0.4, 0.5) is 0 Å². The first-order valence-corrected chi connectivity index (χ1v) is 8.42. The molecule has 0 aliphatic rings. The topological polar surface area (TPSA) is 77.1 Å². The highest BCUT2D eigenvalue weighted by Gasteiger charge is 2.09. The number of aryl methyl sites for hydroxylation is 2. The number of nitrogens with zero attached hydrogens (tertiary/aromatic N) is 5. The molecule has 2 heterocycles. The minimum Gasteiger partial charge on any atom is -0.268 e. The third kappa shape index (κ3) is 4.42. The molecule has 2 aromatic heterocycles. The Hall–Kier alpha value is -2.74. The predicted octanol–water partition coefficient (Wildman–Crippen LogP) is 2.50. The molecule has 128 valence electrons. The van der Waals surface area contributed by atoms with Crippen molar-refractivity contribution in [1.82, 2.24) is 25.0 Å². The maximum absolute atomic E-state index is 12.1. The van der Waals surface area contributed by atoms with E-state index in [4.69, 9.17) is 0 Å². The van der Waals surface area contributed by atoms with E-state index in [-0.39, 0.29) is 5.91 Å². The van der Waals surface area contributed by atoms with Gasteiger partial charge in [0.05, 0.1) is 24.1 Å². The molecule has 1 amide bonds. The minimum atomic E-state index is -0.357. The summed E-state index contributed by atoms with van der Waals surface area (Å²) in [5.41, 5.74) is 5.59. The van der Waals surface area contributed by atoms with Crippen LogP contribution in [-0.4, -0.2) is 31.7 Å². The number of hydrogen-bond acceptors (Lipinski definition) is 4. The summed E-state index contributed by atoms with van der Waals surface area (Å²) in [6.07, 6.45) is 3.32. The zero-order chi connectivity index (χ0) is 17.8. The van der Waals surface area contributed by atoms with E-state index in [9.17, 15) is 4.79 Å². The lowest BCUT2D eigenvalue weighted by Gasteiger charge is -2.02. The largest absolute Gasteiger partial charge is 0.291 e. The molecule has 0 saturated heterocycles. The maximum Gasteiger partial charge on any atom is 0.291 e. The summed E-state index contributed by atoms with van der Waals surface area (Å²) in [4.78, 5) is 12.1. The van der Waals surface area contributed by atoms with Crippen molar-refractivity contribution in [2.24, 2.45) is 12.1 Å². The van der Waals surface area contributed by atoms with Gasteiger partial charge in [-0.2, -0.15) is 15.3 Å². The van der Waals surface area contributed by atoms with E-state index in [1.807, 2.05) is 44.3 Å². The van der Waals surface area contributed by atoms with Crippen LogP contribution in [0.3, 0.4) is 0 Å². The van der Waals surface area contributed by atoms with Gasteiger partial charge in [0.15, 0.2) is 5.69 Å². The summed E-state index contributed by atoms with van der Waals surface area (Å²) in [6.45, 7) is 2.49. The van der Waals surface area contributed by atoms with Crippen molar-refractivity contribution in [3.05, 3.63) is 69.7 Å². The van der Waals surface area contributed by atoms with Crippen molar-refractivity contribution >= 4 is 28.1 Å². The van der Waals surface area contributed by atoms with Gasteiger partial charge in [-0.05, 0) is 36.8 Å². The second-order valence-corrected chi connectivity index (χ2v) is 6.47. The van der Waals surface area contributed by atoms with E-state index >= 15 is 0 Å². The molecular formula is C17H17BrN6O. The number of aromatic nitrogens is 4. The van der Waals surface area contributed by atoms with Gasteiger partial charge in [-0.25, -0.2) is 5.43 Å². The fraction of sp³-hybridized carbons (Fsp3) is 0.176. The molecule has 25 heavy (non-hydrogen) atoms. The normalized spacial score (nSPS) is 11.2. The average Bonchev–Trinajstić information content (AvgIpc) is 3.16. The van der Waals surface area contributed by atoms with Gasteiger partial charge in [-0.15, -0.1) is 0 Å². The number of hydrazone groups is 1. The van der Waals surface area contributed by atoms with Gasteiger partial charge in [-0.3, -0.25) is 14.2 Å². The minimum absolute atomic E-state index is 0.315. The average molecular weight is 401 g/mol. The maximum atomic E-state index is 12.1. The highest BCUT2D eigenvalue weighted by atomic mass is 79.9. The number of carbonyl (C=O) groups is 1. The molecule has 1 aromatic carbocycles. The Bertz CT molecular complexity index is 910. The van der Waals surface area contributed by atoms with Crippen LogP contribution in [0.5, 0.6) is 0 Å². The van der Waals surface area contributed by atoms with Crippen LogP contribution in [0, 0.1) is 6.92 Å². The third-order valence-corrected chi connectivity index (χ3v) is 4.06. The van der Waals surface area contributed by atoms with Crippen molar-refractivity contribution < 1.29 is 4.79 Å². The Kier molecular flexibility index (Phi) is 5.08. The number of amides is 1. The van der Waals surface area contributed by atoms with Gasteiger partial charge >= 0.3 is 0 Å². The SMILES string of the molecule is Cc1cc(/C=N\NC(=O)c2ccn(Cc3ccc(Br)cc3)n2)n(C)n1. The van der Waals surface area contributed by atoms with Gasteiger partial charge < -0.3 is 0 Å². The molecule has 0 aliphatic heterocycles. The fourth-order valence-corrected chi connectivity index (χ4v) is 2.58. The molecule has 0 atom stereocenters. The lowest BCUT2D eigenvalue weighted by atomic mass is 10.2. The van der Waals surface area contributed by atoms with Gasteiger partial charge in [0.2, 0.25) is 0 Å².